The van der Waals surface area contributed by atoms with E-state index in [1.54, 1.807) is 0 Å². The fourth-order valence-electron chi connectivity index (χ4n) is 3.04. The Morgan fingerprint density at radius 1 is 1.14 bits per heavy atom. The molecule has 2 heterocycles. The van der Waals surface area contributed by atoms with Gasteiger partial charge in [-0.3, -0.25) is 0 Å². The van der Waals surface area contributed by atoms with Gasteiger partial charge in [-0.15, -0.1) is 0 Å². The first-order valence-corrected chi connectivity index (χ1v) is 7.28. The molecule has 0 radical (unpaired) electrons. The van der Waals surface area contributed by atoms with Crippen LogP contribution in [0.3, 0.4) is 0 Å². The fourth-order valence-corrected chi connectivity index (χ4v) is 3.04. The molecular formula is C17H17N3O. The summed E-state index contributed by atoms with van der Waals surface area (Å²) >= 11 is 0. The van der Waals surface area contributed by atoms with Gasteiger partial charge in [-0.2, -0.15) is 0 Å². The van der Waals surface area contributed by atoms with Crippen molar-refractivity contribution in [2.24, 2.45) is 0 Å². The molecule has 0 bridgehead atoms. The quantitative estimate of drug-likeness (QED) is 0.731. The van der Waals surface area contributed by atoms with E-state index in [0.29, 0.717) is 6.54 Å². The van der Waals surface area contributed by atoms with Crippen LogP contribution in [0.25, 0.3) is 11.1 Å². The second-order valence-corrected chi connectivity index (χ2v) is 5.45. The van der Waals surface area contributed by atoms with Crippen LogP contribution in [0, 0.1) is 0 Å². The summed E-state index contributed by atoms with van der Waals surface area (Å²) in [6.45, 7) is 1.69. The van der Waals surface area contributed by atoms with Gasteiger partial charge in [0.2, 0.25) is 5.89 Å². The number of nitrogens with zero attached hydrogens (tertiary/aromatic N) is 2. The number of nitrogens with two attached hydrogens (primary N) is 1. The molecule has 4 heteroatoms. The highest BCUT2D eigenvalue weighted by Gasteiger charge is 2.20. The Balaban J connectivity index is 1.68. The molecule has 1 aromatic heterocycles. The van der Waals surface area contributed by atoms with Crippen molar-refractivity contribution in [3.63, 3.8) is 0 Å². The highest BCUT2D eigenvalue weighted by atomic mass is 16.3. The molecule has 0 aliphatic carbocycles. The van der Waals surface area contributed by atoms with Crippen molar-refractivity contribution in [3.05, 3.63) is 53.9 Å². The van der Waals surface area contributed by atoms with Gasteiger partial charge in [0.05, 0.1) is 6.54 Å². The number of para-hydroxylation sites is 2. The second kappa shape index (κ2) is 4.81. The van der Waals surface area contributed by atoms with E-state index < -0.39 is 0 Å². The standard InChI is InChI=1S/C17H17N3O/c18-13-6-3-8-15-12(13)5-4-10-20(15)11-17-19-14-7-1-2-9-16(14)21-17/h1-3,6-9H,4-5,10-11,18H2. The molecule has 1 aliphatic rings. The van der Waals surface area contributed by atoms with Crippen LogP contribution < -0.4 is 10.6 Å². The molecule has 0 unspecified atom stereocenters. The predicted octanol–water partition coefficient (Wildman–Crippen LogP) is 3.36. The molecule has 4 rings (SSSR count). The molecule has 0 fully saturated rings. The van der Waals surface area contributed by atoms with Gasteiger partial charge in [-0.05, 0) is 42.7 Å². The van der Waals surface area contributed by atoms with Crippen LogP contribution in [0.1, 0.15) is 17.9 Å². The second-order valence-electron chi connectivity index (χ2n) is 5.45. The van der Waals surface area contributed by atoms with Gasteiger partial charge in [0.15, 0.2) is 5.58 Å². The molecule has 2 N–H and O–H groups in total. The Bertz CT molecular complexity index is 761. The molecule has 0 amide bonds. The molecule has 4 nitrogen and oxygen atoms in total. The van der Waals surface area contributed by atoms with Crippen LogP contribution >= 0.6 is 0 Å². The van der Waals surface area contributed by atoms with Crippen molar-refractivity contribution in [1.29, 1.82) is 0 Å². The average molecular weight is 279 g/mol. The highest BCUT2D eigenvalue weighted by molar-refractivity contribution is 5.72. The zero-order valence-electron chi connectivity index (χ0n) is 11.7. The zero-order chi connectivity index (χ0) is 14.2. The molecule has 0 saturated carbocycles. The maximum absolute atomic E-state index is 6.09. The van der Waals surface area contributed by atoms with Crippen molar-refractivity contribution in [2.75, 3.05) is 17.2 Å². The van der Waals surface area contributed by atoms with Crippen LogP contribution in [0.5, 0.6) is 0 Å². The third-order valence-electron chi connectivity index (χ3n) is 4.05. The van der Waals surface area contributed by atoms with Gasteiger partial charge in [0, 0.05) is 17.9 Å². The Morgan fingerprint density at radius 2 is 2.05 bits per heavy atom. The van der Waals surface area contributed by atoms with Crippen molar-refractivity contribution >= 4 is 22.5 Å². The Labute approximate surface area is 123 Å². The minimum atomic E-state index is 0.686. The number of oxazole rings is 1. The first-order chi connectivity index (χ1) is 10.3. The minimum absolute atomic E-state index is 0.686. The minimum Gasteiger partial charge on any atom is -0.439 e. The number of anilines is 2. The summed E-state index contributed by atoms with van der Waals surface area (Å²) in [6.07, 6.45) is 2.16. The Kier molecular flexibility index (Phi) is 2.81. The summed E-state index contributed by atoms with van der Waals surface area (Å²) < 4.78 is 5.83. The fraction of sp³-hybridized carbons (Fsp3) is 0.235. The van der Waals surface area contributed by atoms with E-state index in [1.807, 2.05) is 36.4 Å². The summed E-state index contributed by atoms with van der Waals surface area (Å²) in [5.74, 6) is 0.756. The third kappa shape index (κ3) is 2.13. The summed E-state index contributed by atoms with van der Waals surface area (Å²) in [5, 5.41) is 0. The molecule has 0 atom stereocenters. The van der Waals surface area contributed by atoms with Crippen LogP contribution in [0.2, 0.25) is 0 Å². The molecular weight excluding hydrogens is 262 g/mol. The van der Waals surface area contributed by atoms with Crippen LogP contribution in [0.4, 0.5) is 11.4 Å². The molecule has 0 spiro atoms. The number of rotatable bonds is 2. The number of fused-ring (bicyclic) bond motifs is 2. The predicted molar refractivity (Wildman–Crippen MR) is 84.2 cm³/mol. The normalized spacial score (nSPS) is 14.4. The van der Waals surface area contributed by atoms with Crippen LogP contribution in [-0.4, -0.2) is 11.5 Å². The van der Waals surface area contributed by atoms with E-state index in [-0.39, 0.29) is 0 Å². The lowest BCUT2D eigenvalue weighted by Crippen LogP contribution is -2.29. The van der Waals surface area contributed by atoms with Crippen molar-refractivity contribution < 1.29 is 4.42 Å². The van der Waals surface area contributed by atoms with Gasteiger partial charge in [0.1, 0.15) is 5.52 Å². The van der Waals surface area contributed by atoms with E-state index >= 15 is 0 Å². The van der Waals surface area contributed by atoms with Gasteiger partial charge in [-0.1, -0.05) is 18.2 Å². The maximum atomic E-state index is 6.09. The van der Waals surface area contributed by atoms with Gasteiger partial charge < -0.3 is 15.1 Å². The van der Waals surface area contributed by atoms with E-state index in [1.165, 1.54) is 11.3 Å². The maximum Gasteiger partial charge on any atom is 0.215 e. The Hall–Kier alpha value is -2.49. The highest BCUT2D eigenvalue weighted by Crippen LogP contribution is 2.32. The van der Waals surface area contributed by atoms with E-state index in [9.17, 15) is 0 Å². The van der Waals surface area contributed by atoms with E-state index in [2.05, 4.69) is 16.0 Å². The first kappa shape index (κ1) is 12.3. The summed E-state index contributed by atoms with van der Waals surface area (Å²) in [7, 11) is 0. The average Bonchev–Trinajstić information content (AvgIpc) is 2.90. The number of aromatic nitrogens is 1. The van der Waals surface area contributed by atoms with Crippen molar-refractivity contribution in [3.8, 4) is 0 Å². The van der Waals surface area contributed by atoms with Crippen LogP contribution in [0.15, 0.2) is 46.9 Å². The summed E-state index contributed by atoms with van der Waals surface area (Å²) in [4.78, 5) is 6.87. The van der Waals surface area contributed by atoms with Gasteiger partial charge in [0.25, 0.3) is 0 Å². The smallest absolute Gasteiger partial charge is 0.215 e. The van der Waals surface area contributed by atoms with Crippen LogP contribution in [-0.2, 0) is 13.0 Å². The first-order valence-electron chi connectivity index (χ1n) is 7.28. The third-order valence-corrected chi connectivity index (χ3v) is 4.05. The summed E-state index contributed by atoms with van der Waals surface area (Å²) in [6, 6.07) is 14.0. The molecule has 2 aromatic carbocycles. The number of benzene rings is 2. The SMILES string of the molecule is Nc1cccc2c1CCCN2Cc1nc2ccccc2o1. The molecule has 1 aliphatic heterocycles. The lowest BCUT2D eigenvalue weighted by Gasteiger charge is -2.30. The van der Waals surface area contributed by atoms with E-state index in [0.717, 1.165) is 42.1 Å². The number of nitrogen functional groups attached to an aromatic ring is 1. The lowest BCUT2D eigenvalue weighted by molar-refractivity contribution is 0.513. The largest absolute Gasteiger partial charge is 0.439 e. The van der Waals surface area contributed by atoms with Gasteiger partial charge >= 0.3 is 0 Å². The van der Waals surface area contributed by atoms with Gasteiger partial charge in [-0.25, -0.2) is 4.98 Å². The summed E-state index contributed by atoms with van der Waals surface area (Å²) in [5.41, 5.74) is 11.2. The number of hydrogen-bond donors (Lipinski definition) is 1. The molecule has 0 saturated heterocycles. The van der Waals surface area contributed by atoms with Crippen molar-refractivity contribution in [1.82, 2.24) is 4.98 Å². The molecule has 21 heavy (non-hydrogen) atoms. The van der Waals surface area contributed by atoms with Crippen molar-refractivity contribution in [2.45, 2.75) is 19.4 Å². The van der Waals surface area contributed by atoms with E-state index in [4.69, 9.17) is 10.2 Å². The lowest BCUT2D eigenvalue weighted by atomic mass is 10.00. The topological polar surface area (TPSA) is 55.3 Å². The number of hydrogen-bond acceptors (Lipinski definition) is 4. The Morgan fingerprint density at radius 3 is 2.95 bits per heavy atom. The molecule has 106 valence electrons. The molecule has 3 aromatic rings. The monoisotopic (exact) mass is 279 g/mol. The zero-order valence-corrected chi connectivity index (χ0v) is 11.7.